The molecule has 12 heavy (non-hydrogen) atoms. The van der Waals surface area contributed by atoms with Crippen molar-refractivity contribution in [3.05, 3.63) is 17.5 Å². The molecule has 0 aliphatic heterocycles. The molecule has 0 amide bonds. The van der Waals surface area contributed by atoms with Crippen LogP contribution in [0.3, 0.4) is 0 Å². The lowest BCUT2D eigenvalue weighted by Gasteiger charge is -1.93. The number of carboxylic acid groups (broad SMARTS) is 1. The van der Waals surface area contributed by atoms with Crippen LogP contribution in [0, 0.1) is 0 Å². The summed E-state index contributed by atoms with van der Waals surface area (Å²) in [5.41, 5.74) is 0.417. The van der Waals surface area contributed by atoms with Gasteiger partial charge in [-0.3, -0.25) is 9.89 Å². The van der Waals surface area contributed by atoms with Crippen molar-refractivity contribution in [1.82, 2.24) is 10.2 Å². The lowest BCUT2D eigenvalue weighted by Crippen LogP contribution is -2.04. The average Bonchev–Trinajstić information content (AvgIpc) is 2.33. The third-order valence-corrected chi connectivity index (χ3v) is 1.37. The lowest BCUT2D eigenvalue weighted by molar-refractivity contribution is -0.116. The summed E-state index contributed by atoms with van der Waals surface area (Å²) in [6.07, 6.45) is 1.46. The summed E-state index contributed by atoms with van der Waals surface area (Å²) >= 11 is 0. The molecular formula is C7H8N2O3. The van der Waals surface area contributed by atoms with Crippen LogP contribution in [0.15, 0.2) is 6.20 Å². The normalized spacial score (nSPS) is 9.75. The van der Waals surface area contributed by atoms with Gasteiger partial charge in [-0.15, -0.1) is 0 Å². The zero-order valence-electron chi connectivity index (χ0n) is 6.50. The van der Waals surface area contributed by atoms with Crippen LogP contribution >= 0.6 is 0 Å². The van der Waals surface area contributed by atoms with Crippen molar-refractivity contribution >= 4 is 11.8 Å². The van der Waals surface area contributed by atoms with E-state index in [2.05, 4.69) is 10.2 Å². The second-order valence-corrected chi connectivity index (χ2v) is 2.45. The fourth-order valence-corrected chi connectivity index (χ4v) is 0.899. The maximum atomic E-state index is 10.7. The fourth-order valence-electron chi connectivity index (χ4n) is 0.899. The number of ketones is 1. The molecule has 0 saturated carbocycles. The third kappa shape index (κ3) is 1.69. The average molecular weight is 168 g/mol. The molecule has 5 nitrogen and oxygen atoms in total. The van der Waals surface area contributed by atoms with Gasteiger partial charge in [0.05, 0.1) is 6.20 Å². The number of rotatable bonds is 3. The van der Waals surface area contributed by atoms with E-state index in [-0.39, 0.29) is 17.9 Å². The number of carbonyl (C=O) groups is 2. The van der Waals surface area contributed by atoms with Crippen LogP contribution in [0.1, 0.15) is 23.0 Å². The molecule has 0 radical (unpaired) electrons. The zero-order valence-corrected chi connectivity index (χ0v) is 6.50. The van der Waals surface area contributed by atoms with Gasteiger partial charge in [-0.05, 0) is 6.92 Å². The molecule has 1 rings (SSSR count). The first-order valence-electron chi connectivity index (χ1n) is 3.36. The first-order chi connectivity index (χ1) is 5.61. The van der Waals surface area contributed by atoms with Crippen molar-refractivity contribution in [1.29, 1.82) is 0 Å². The summed E-state index contributed by atoms with van der Waals surface area (Å²) in [5, 5.41) is 14.4. The Morgan fingerprint density at radius 1 is 1.67 bits per heavy atom. The van der Waals surface area contributed by atoms with Crippen molar-refractivity contribution in [3.8, 4) is 0 Å². The predicted molar refractivity (Wildman–Crippen MR) is 39.9 cm³/mol. The number of carboxylic acids is 1. The molecule has 0 atom stereocenters. The molecule has 1 aromatic heterocycles. The van der Waals surface area contributed by atoms with E-state index in [1.807, 2.05) is 0 Å². The Morgan fingerprint density at radius 3 is 2.83 bits per heavy atom. The smallest absolute Gasteiger partial charge is 0.354 e. The molecule has 64 valence electrons. The quantitative estimate of drug-likeness (QED) is 0.677. The van der Waals surface area contributed by atoms with E-state index in [0.29, 0.717) is 5.56 Å². The molecule has 0 fully saturated rings. The van der Waals surface area contributed by atoms with Gasteiger partial charge < -0.3 is 5.11 Å². The molecule has 1 heterocycles. The van der Waals surface area contributed by atoms with Crippen LogP contribution in [-0.2, 0) is 11.2 Å². The van der Waals surface area contributed by atoms with Gasteiger partial charge in [0, 0.05) is 12.0 Å². The summed E-state index contributed by atoms with van der Waals surface area (Å²) in [5.74, 6) is -1.18. The maximum absolute atomic E-state index is 10.7. The number of aromatic carboxylic acids is 1. The predicted octanol–water partition coefficient (Wildman–Crippen LogP) is 0.239. The second-order valence-electron chi connectivity index (χ2n) is 2.45. The minimum atomic E-state index is -1.09. The van der Waals surface area contributed by atoms with Crippen LogP contribution in [0.2, 0.25) is 0 Å². The van der Waals surface area contributed by atoms with E-state index in [1.54, 1.807) is 0 Å². The lowest BCUT2D eigenvalue weighted by atomic mass is 10.1. The standard InChI is InChI=1S/C7H8N2O3/c1-4(10)2-5-3-8-9-6(5)7(11)12/h3H,2H2,1H3,(H,8,9)(H,11,12). The summed E-state index contributed by atoms with van der Waals surface area (Å²) in [6.45, 7) is 1.40. The first-order valence-corrected chi connectivity index (χ1v) is 3.36. The van der Waals surface area contributed by atoms with E-state index in [4.69, 9.17) is 5.11 Å². The molecule has 0 saturated heterocycles. The van der Waals surface area contributed by atoms with Crippen LogP contribution in [-0.4, -0.2) is 27.1 Å². The van der Waals surface area contributed by atoms with Gasteiger partial charge in [0.15, 0.2) is 0 Å². The molecule has 2 N–H and O–H groups in total. The number of aromatic nitrogens is 2. The number of aromatic amines is 1. The minimum Gasteiger partial charge on any atom is -0.477 e. The zero-order chi connectivity index (χ0) is 9.14. The van der Waals surface area contributed by atoms with Gasteiger partial charge in [0.1, 0.15) is 11.5 Å². The number of Topliss-reactive ketones (excluding diaryl/α,β-unsaturated/α-hetero) is 1. The van der Waals surface area contributed by atoms with E-state index in [0.717, 1.165) is 0 Å². The molecule has 0 aromatic carbocycles. The van der Waals surface area contributed by atoms with Gasteiger partial charge in [-0.2, -0.15) is 5.10 Å². The second kappa shape index (κ2) is 3.17. The molecule has 0 bridgehead atoms. The van der Waals surface area contributed by atoms with Gasteiger partial charge in [-0.25, -0.2) is 4.79 Å². The number of H-pyrrole nitrogens is 1. The molecule has 0 unspecified atom stereocenters. The Balaban J connectivity index is 2.91. The molecule has 1 aromatic rings. The number of hydrogen-bond acceptors (Lipinski definition) is 3. The fraction of sp³-hybridized carbons (Fsp3) is 0.286. The number of nitrogens with zero attached hydrogens (tertiary/aromatic N) is 1. The minimum absolute atomic E-state index is 0.00907. The van der Waals surface area contributed by atoms with Gasteiger partial charge in [-0.1, -0.05) is 0 Å². The molecule has 0 aliphatic rings. The maximum Gasteiger partial charge on any atom is 0.354 e. The number of carbonyl (C=O) groups excluding carboxylic acids is 1. The van der Waals surface area contributed by atoms with E-state index >= 15 is 0 Å². The Bertz CT molecular complexity index is 316. The van der Waals surface area contributed by atoms with E-state index in [1.165, 1.54) is 13.1 Å². The Kier molecular flexibility index (Phi) is 2.23. The van der Waals surface area contributed by atoms with E-state index in [9.17, 15) is 9.59 Å². The highest BCUT2D eigenvalue weighted by Gasteiger charge is 2.12. The molecule has 0 spiro atoms. The van der Waals surface area contributed by atoms with Crippen LogP contribution in [0.4, 0.5) is 0 Å². The Labute approximate surface area is 68.4 Å². The van der Waals surface area contributed by atoms with Gasteiger partial charge in [0.2, 0.25) is 0 Å². The van der Waals surface area contributed by atoms with Crippen LogP contribution in [0.25, 0.3) is 0 Å². The topological polar surface area (TPSA) is 83.0 Å². The van der Waals surface area contributed by atoms with Crippen molar-refractivity contribution in [2.75, 3.05) is 0 Å². The summed E-state index contributed by atoms with van der Waals surface area (Å²) in [6, 6.07) is 0. The first kappa shape index (κ1) is 8.45. The largest absolute Gasteiger partial charge is 0.477 e. The summed E-state index contributed by atoms with van der Waals surface area (Å²) in [4.78, 5) is 21.1. The van der Waals surface area contributed by atoms with Gasteiger partial charge in [0.25, 0.3) is 0 Å². The van der Waals surface area contributed by atoms with Crippen molar-refractivity contribution in [3.63, 3.8) is 0 Å². The Hall–Kier alpha value is -1.65. The van der Waals surface area contributed by atoms with Crippen molar-refractivity contribution < 1.29 is 14.7 Å². The van der Waals surface area contributed by atoms with E-state index < -0.39 is 5.97 Å². The summed E-state index contributed by atoms with van der Waals surface area (Å²) < 4.78 is 0. The Morgan fingerprint density at radius 2 is 2.33 bits per heavy atom. The number of hydrogen-bond donors (Lipinski definition) is 2. The monoisotopic (exact) mass is 168 g/mol. The van der Waals surface area contributed by atoms with Gasteiger partial charge >= 0.3 is 5.97 Å². The highest BCUT2D eigenvalue weighted by atomic mass is 16.4. The summed E-state index contributed by atoms with van der Waals surface area (Å²) in [7, 11) is 0. The van der Waals surface area contributed by atoms with Crippen molar-refractivity contribution in [2.24, 2.45) is 0 Å². The third-order valence-electron chi connectivity index (χ3n) is 1.37. The molecule has 0 aliphatic carbocycles. The SMILES string of the molecule is CC(=O)Cc1cn[nH]c1C(=O)O. The van der Waals surface area contributed by atoms with Crippen LogP contribution in [0.5, 0.6) is 0 Å². The highest BCUT2D eigenvalue weighted by Crippen LogP contribution is 2.05. The van der Waals surface area contributed by atoms with Crippen LogP contribution < -0.4 is 0 Å². The highest BCUT2D eigenvalue weighted by molar-refractivity contribution is 5.89. The van der Waals surface area contributed by atoms with Crippen molar-refractivity contribution in [2.45, 2.75) is 13.3 Å². The number of nitrogens with one attached hydrogen (secondary N) is 1. The molecule has 5 heteroatoms. The molecular weight excluding hydrogens is 160 g/mol.